The van der Waals surface area contributed by atoms with E-state index in [4.69, 9.17) is 18.9 Å². The smallest absolute Gasteiger partial charge is 0.216 e. The Balaban J connectivity index is 2.20. The van der Waals surface area contributed by atoms with E-state index in [9.17, 15) is 13.5 Å². The summed E-state index contributed by atoms with van der Waals surface area (Å²) in [6.07, 6.45) is 0. The first-order valence-electron chi connectivity index (χ1n) is 14.3. The molecule has 0 aliphatic carbocycles. The fourth-order valence-electron chi connectivity index (χ4n) is 5.34. The van der Waals surface area contributed by atoms with Gasteiger partial charge in [-0.05, 0) is 38.1 Å². The molecular weight excluding hydrogens is 615 g/mol. The molecule has 0 aliphatic rings. The Hall–Kier alpha value is -3.98. The number of rotatable bonds is 13. The largest absolute Gasteiger partial charge is 0.496 e. The summed E-state index contributed by atoms with van der Waals surface area (Å²) in [5.41, 5.74) is -2.11. The summed E-state index contributed by atoms with van der Waals surface area (Å²) in [6.45, 7) is 9.14. The Morgan fingerprint density at radius 3 is 1.96 bits per heavy atom. The number of hydrogen-bond acceptors (Lipinski definition) is 10. The van der Waals surface area contributed by atoms with Crippen molar-refractivity contribution in [2.45, 2.75) is 50.0 Å². The maximum absolute atomic E-state index is 13.6. The lowest BCUT2D eigenvalue weighted by Crippen LogP contribution is -2.58. The molecule has 2 aromatic carbocycles. The molecule has 0 bridgehead atoms. The minimum Gasteiger partial charge on any atom is -0.496 e. The molecule has 2 heterocycles. The van der Waals surface area contributed by atoms with Gasteiger partial charge >= 0.3 is 0 Å². The first-order chi connectivity index (χ1) is 21.2. The molecule has 0 amide bonds. The van der Waals surface area contributed by atoms with Gasteiger partial charge in [0.05, 0.1) is 47.3 Å². The molecule has 242 valence electrons. The lowest BCUT2D eigenvalue weighted by atomic mass is 9.97. The Morgan fingerprint density at radius 2 is 1.40 bits per heavy atom. The van der Waals surface area contributed by atoms with Crippen LogP contribution in [0.3, 0.4) is 0 Å². The van der Waals surface area contributed by atoms with Crippen molar-refractivity contribution in [1.29, 1.82) is 0 Å². The van der Waals surface area contributed by atoms with Gasteiger partial charge in [-0.25, -0.2) is 13.4 Å². The van der Waals surface area contributed by atoms with Gasteiger partial charge < -0.3 is 24.1 Å². The van der Waals surface area contributed by atoms with Crippen molar-refractivity contribution in [2.75, 3.05) is 28.4 Å². The number of pyridine rings is 1. The summed E-state index contributed by atoms with van der Waals surface area (Å²) in [5.74, 6) is 2.06. The molecule has 45 heavy (non-hydrogen) atoms. The third kappa shape index (κ3) is 6.54. The number of nitrogens with zero attached hydrogens (tertiary/aromatic N) is 4. The molecule has 0 aliphatic heterocycles. The molecule has 0 spiro atoms. The monoisotopic (exact) mass is 655 g/mol. The zero-order valence-corrected chi connectivity index (χ0v) is 28.8. The number of para-hydroxylation sites is 2. The SMILES string of the molecule is COc1cccc(-c2nnc([C@@H]([C@](O)(NS(=O)(=O)C(C)C)c3ccccc3OC)[Si](C)(C)C)n2-c2c(OC)cccc2OC)n1. The summed E-state index contributed by atoms with van der Waals surface area (Å²) >= 11 is 0. The fraction of sp³-hybridized carbons (Fsp3) is 0.387. The van der Waals surface area contributed by atoms with Crippen LogP contribution in [0.15, 0.2) is 60.7 Å². The van der Waals surface area contributed by atoms with E-state index in [1.54, 1.807) is 79.1 Å². The van der Waals surface area contributed by atoms with Gasteiger partial charge in [0, 0.05) is 11.6 Å². The number of benzene rings is 2. The van der Waals surface area contributed by atoms with Crippen molar-refractivity contribution in [3.05, 3.63) is 72.1 Å². The molecule has 12 nitrogen and oxygen atoms in total. The van der Waals surface area contributed by atoms with Crippen molar-refractivity contribution in [1.82, 2.24) is 24.5 Å². The highest BCUT2D eigenvalue weighted by Gasteiger charge is 2.53. The van der Waals surface area contributed by atoms with Crippen LogP contribution in [0.1, 0.15) is 30.8 Å². The molecule has 0 fully saturated rings. The Kier molecular flexibility index (Phi) is 9.92. The number of aliphatic hydroxyl groups is 1. The maximum Gasteiger partial charge on any atom is 0.216 e. The lowest BCUT2D eigenvalue weighted by molar-refractivity contribution is 0.0111. The molecule has 14 heteroatoms. The van der Waals surface area contributed by atoms with Crippen LogP contribution in [0.4, 0.5) is 0 Å². The molecule has 2 atom stereocenters. The van der Waals surface area contributed by atoms with Crippen LogP contribution < -0.4 is 23.7 Å². The average Bonchev–Trinajstić information content (AvgIpc) is 3.42. The summed E-state index contributed by atoms with van der Waals surface area (Å²) in [5, 5.41) is 21.4. The number of sulfonamides is 1. The molecule has 4 rings (SSSR count). The number of ether oxygens (including phenoxy) is 4. The van der Waals surface area contributed by atoms with Crippen molar-refractivity contribution >= 4 is 18.1 Å². The Labute approximate surface area is 265 Å². The van der Waals surface area contributed by atoms with E-state index in [-0.39, 0.29) is 11.4 Å². The first kappa shape index (κ1) is 33.9. The second-order valence-corrected chi connectivity index (χ2v) is 19.3. The Bertz CT molecular complexity index is 1730. The molecule has 4 aromatic rings. The summed E-state index contributed by atoms with van der Waals surface area (Å²) in [7, 11) is -0.748. The number of aromatic nitrogens is 4. The van der Waals surface area contributed by atoms with Crippen molar-refractivity contribution < 1.29 is 32.5 Å². The van der Waals surface area contributed by atoms with Crippen LogP contribution >= 0.6 is 0 Å². The van der Waals surface area contributed by atoms with E-state index < -0.39 is 34.6 Å². The average molecular weight is 656 g/mol. The van der Waals surface area contributed by atoms with Gasteiger partial charge in [0.1, 0.15) is 34.5 Å². The zero-order chi connectivity index (χ0) is 33.2. The highest BCUT2D eigenvalue weighted by Crippen LogP contribution is 2.47. The fourth-order valence-corrected chi connectivity index (χ4v) is 8.78. The van der Waals surface area contributed by atoms with Crippen LogP contribution in [0, 0.1) is 0 Å². The van der Waals surface area contributed by atoms with Crippen LogP contribution in [0.5, 0.6) is 23.1 Å². The van der Waals surface area contributed by atoms with E-state index >= 15 is 0 Å². The predicted molar refractivity (Wildman–Crippen MR) is 174 cm³/mol. The first-order valence-corrected chi connectivity index (χ1v) is 19.4. The van der Waals surface area contributed by atoms with Crippen molar-refractivity contribution in [3.63, 3.8) is 0 Å². The molecule has 0 unspecified atom stereocenters. The molecule has 0 saturated heterocycles. The topological polar surface area (TPSA) is 147 Å². The van der Waals surface area contributed by atoms with Gasteiger partial charge in [-0.3, -0.25) is 4.57 Å². The minimum atomic E-state index is -4.07. The summed E-state index contributed by atoms with van der Waals surface area (Å²) in [6, 6.07) is 17.3. The third-order valence-corrected chi connectivity index (χ3v) is 11.7. The van der Waals surface area contributed by atoms with Gasteiger partial charge in [0.25, 0.3) is 0 Å². The van der Waals surface area contributed by atoms with Crippen molar-refractivity contribution in [3.8, 4) is 40.3 Å². The van der Waals surface area contributed by atoms with Crippen LogP contribution in [0.2, 0.25) is 19.6 Å². The van der Waals surface area contributed by atoms with Gasteiger partial charge in [0.2, 0.25) is 15.9 Å². The quantitative estimate of drug-likeness (QED) is 0.156. The second-order valence-electron chi connectivity index (χ2n) is 11.8. The van der Waals surface area contributed by atoms with Gasteiger partial charge in [-0.1, -0.05) is 50.0 Å². The summed E-state index contributed by atoms with van der Waals surface area (Å²) in [4.78, 5) is 4.61. The van der Waals surface area contributed by atoms with Gasteiger partial charge in [-0.2, -0.15) is 4.72 Å². The maximum atomic E-state index is 13.6. The van der Waals surface area contributed by atoms with E-state index in [1.807, 2.05) is 19.6 Å². The molecular formula is C31H41N5O7SSi. The van der Waals surface area contributed by atoms with Crippen molar-refractivity contribution in [2.24, 2.45) is 0 Å². The molecule has 2 N–H and O–H groups in total. The molecule has 0 saturated carbocycles. The lowest BCUT2D eigenvalue weighted by Gasteiger charge is -2.43. The van der Waals surface area contributed by atoms with Crippen LogP contribution in [0.25, 0.3) is 17.2 Å². The van der Waals surface area contributed by atoms with E-state index in [1.165, 1.54) is 28.4 Å². The number of methoxy groups -OCH3 is 4. The standard InChI is InChI=1S/C31H41N5O7SSi/c1-20(2)44(38,39)35-31(37,21-14-10-11-16-23(21)40-3)28(45(7,8)9)30-34-33-29(22-15-12-19-26(32-22)43-6)36(30)27-24(41-4)17-13-18-25(27)42-5/h10-20,28,35,37H,1-9H3/t28-,31-/m0/s1. The van der Waals surface area contributed by atoms with Crippen LogP contribution in [-0.4, -0.2) is 75.0 Å². The predicted octanol–water partition coefficient (Wildman–Crippen LogP) is 4.50. The third-order valence-electron chi connectivity index (χ3n) is 7.45. The van der Waals surface area contributed by atoms with E-state index in [0.29, 0.717) is 40.3 Å². The second kappa shape index (κ2) is 13.2. The van der Waals surface area contributed by atoms with Crippen LogP contribution in [-0.2, 0) is 15.7 Å². The number of nitrogens with one attached hydrogen (secondary N) is 1. The molecule has 2 aromatic heterocycles. The number of hydrogen-bond donors (Lipinski definition) is 2. The van der Waals surface area contributed by atoms with Gasteiger partial charge in [-0.15, -0.1) is 10.2 Å². The minimum absolute atomic E-state index is 0.228. The summed E-state index contributed by atoms with van der Waals surface area (Å²) < 4.78 is 54.3. The molecule has 0 radical (unpaired) electrons. The van der Waals surface area contributed by atoms with E-state index in [2.05, 4.69) is 19.9 Å². The zero-order valence-electron chi connectivity index (χ0n) is 27.0. The van der Waals surface area contributed by atoms with Gasteiger partial charge in [0.15, 0.2) is 11.5 Å². The Morgan fingerprint density at radius 1 is 0.822 bits per heavy atom. The highest BCUT2D eigenvalue weighted by molar-refractivity contribution is 7.90. The normalized spacial score (nSPS) is 14.1. The van der Waals surface area contributed by atoms with E-state index in [0.717, 1.165) is 0 Å². The highest BCUT2D eigenvalue weighted by atomic mass is 32.2.